The zero-order valence-electron chi connectivity index (χ0n) is 61.4. The maximum Gasteiger partial charge on any atom is 0.306 e. The number of quaternary nitrogens is 1. The number of phosphoric acid groups is 1. The molecule has 0 aliphatic rings. The Hall–Kier alpha value is -4.11. The molecule has 0 saturated heterocycles. The average Bonchev–Trinajstić information content (AvgIpc) is 1.56. The van der Waals surface area contributed by atoms with Crippen molar-refractivity contribution >= 4 is 19.8 Å². The van der Waals surface area contributed by atoms with Crippen LogP contribution in [0.2, 0.25) is 0 Å². The zero-order chi connectivity index (χ0) is 68.3. The van der Waals surface area contributed by atoms with E-state index in [9.17, 15) is 19.0 Å². The molecular formula is C84H144NO8P. The fraction of sp³-hybridized carbons (Fsp3) is 0.690. The quantitative estimate of drug-likeness (QED) is 0.0195. The van der Waals surface area contributed by atoms with E-state index >= 15 is 0 Å². The van der Waals surface area contributed by atoms with Crippen LogP contribution in [-0.4, -0.2) is 70.0 Å². The standard InChI is InChI=1S/C84H144NO8P/c1-6-8-10-12-14-16-18-20-22-24-26-28-30-32-34-36-38-40-41-42-43-45-46-48-50-52-54-56-58-60-62-64-66-68-70-72-74-76-83(86)90-80-82(81-92-94(88,89)91-79-78-85(3,4)5)93-84(87)77-75-73-71-69-67-65-63-61-59-57-55-53-51-49-47-44-39-37-35-33-31-29-27-25-23-21-19-17-15-13-11-9-7-2/h8-11,14-17,20-23,26-29,32-35,39,44,49,51,82H,6-7,12-13,18-19,24-25,30-31,36-38,40-43,45-48,50,52-81H2,1-5H3/b10-8-,11-9-,16-14-,17-15-,22-20-,23-21-,28-26-,29-27-,34-32-,35-33-,44-39-,51-49-. The van der Waals surface area contributed by atoms with Crippen LogP contribution < -0.4 is 4.89 Å². The molecule has 2 unspecified atom stereocenters. The largest absolute Gasteiger partial charge is 0.756 e. The van der Waals surface area contributed by atoms with Gasteiger partial charge in [-0.05, 0) is 116 Å². The predicted molar refractivity (Wildman–Crippen MR) is 406 cm³/mol. The van der Waals surface area contributed by atoms with Crippen molar-refractivity contribution in [1.82, 2.24) is 0 Å². The molecule has 0 amide bonds. The fourth-order valence-electron chi connectivity index (χ4n) is 10.5. The average molecular weight is 1330 g/mol. The molecule has 0 spiro atoms. The molecule has 0 saturated carbocycles. The van der Waals surface area contributed by atoms with Gasteiger partial charge >= 0.3 is 11.9 Å². The van der Waals surface area contributed by atoms with Crippen LogP contribution in [-0.2, 0) is 32.7 Å². The highest BCUT2D eigenvalue weighted by Crippen LogP contribution is 2.38. The Kier molecular flexibility index (Phi) is 69.9. The molecule has 0 bridgehead atoms. The van der Waals surface area contributed by atoms with Crippen LogP contribution in [0, 0.1) is 0 Å². The molecule has 0 aliphatic carbocycles. The Labute approximate surface area is 580 Å². The topological polar surface area (TPSA) is 111 Å². The maximum absolute atomic E-state index is 12.9. The molecule has 0 aliphatic heterocycles. The molecule has 10 heteroatoms. The van der Waals surface area contributed by atoms with Gasteiger partial charge in [0.1, 0.15) is 19.8 Å². The molecule has 0 rings (SSSR count). The second-order valence-electron chi connectivity index (χ2n) is 26.6. The number of unbranched alkanes of at least 4 members (excludes halogenated alkanes) is 32. The highest BCUT2D eigenvalue weighted by molar-refractivity contribution is 7.45. The number of hydrogen-bond acceptors (Lipinski definition) is 8. The SMILES string of the molecule is CC/C=C\C/C=C\C/C=C\C/C=C\C/C=C\C/C=C\C/C=C\CCCCCCCCCCCCCC(=O)OC(COC(=O)CCCCCCCCCCCCCCCCCCCCCCC/C=C\C/C=C\C/C=C\C/C=C\C/C=C\CC)COP(=O)([O-])OCC[N+](C)(C)C. The van der Waals surface area contributed by atoms with Crippen molar-refractivity contribution < 1.29 is 42.1 Å². The van der Waals surface area contributed by atoms with Gasteiger partial charge in [-0.2, -0.15) is 0 Å². The number of rotatable bonds is 70. The summed E-state index contributed by atoms with van der Waals surface area (Å²) in [7, 11) is 1.16. The summed E-state index contributed by atoms with van der Waals surface area (Å²) in [6, 6.07) is 0. The van der Waals surface area contributed by atoms with Crippen LogP contribution in [0.15, 0.2) is 146 Å². The monoisotopic (exact) mass is 1330 g/mol. The lowest BCUT2D eigenvalue weighted by Gasteiger charge is -2.28. The number of nitrogens with zero attached hydrogens (tertiary/aromatic N) is 1. The van der Waals surface area contributed by atoms with Crippen LogP contribution in [0.1, 0.15) is 322 Å². The van der Waals surface area contributed by atoms with E-state index in [-0.39, 0.29) is 32.0 Å². The number of esters is 2. The van der Waals surface area contributed by atoms with Crippen molar-refractivity contribution in [2.45, 2.75) is 328 Å². The van der Waals surface area contributed by atoms with E-state index in [0.29, 0.717) is 17.4 Å². The Bertz CT molecular complexity index is 2100. The first-order valence-corrected chi connectivity index (χ1v) is 40.0. The first-order valence-electron chi connectivity index (χ1n) is 38.5. The van der Waals surface area contributed by atoms with Gasteiger partial charge in [0.25, 0.3) is 7.82 Å². The minimum Gasteiger partial charge on any atom is -0.756 e. The van der Waals surface area contributed by atoms with Gasteiger partial charge in [0, 0.05) is 12.8 Å². The summed E-state index contributed by atoms with van der Waals surface area (Å²) in [6.45, 7) is 4.03. The third-order valence-electron chi connectivity index (χ3n) is 16.4. The number of hydrogen-bond donors (Lipinski definition) is 0. The number of ether oxygens (including phenoxy) is 2. The fourth-order valence-corrected chi connectivity index (χ4v) is 11.3. The molecule has 0 aromatic heterocycles. The zero-order valence-corrected chi connectivity index (χ0v) is 62.3. The van der Waals surface area contributed by atoms with Gasteiger partial charge in [0.05, 0.1) is 27.7 Å². The van der Waals surface area contributed by atoms with Crippen LogP contribution in [0.3, 0.4) is 0 Å². The van der Waals surface area contributed by atoms with Crippen molar-refractivity contribution in [1.29, 1.82) is 0 Å². The summed E-state index contributed by atoms with van der Waals surface area (Å²) in [5.74, 6) is -0.832. The van der Waals surface area contributed by atoms with E-state index in [2.05, 4.69) is 160 Å². The van der Waals surface area contributed by atoms with Crippen LogP contribution in [0.5, 0.6) is 0 Å². The maximum atomic E-state index is 12.9. The number of likely N-dealkylation sites (N-methyl/N-ethyl adjacent to an activating group) is 1. The van der Waals surface area contributed by atoms with Crippen molar-refractivity contribution in [3.63, 3.8) is 0 Å². The number of carbonyl (C=O) groups excluding carboxylic acids is 2. The Morgan fingerprint density at radius 3 is 0.851 bits per heavy atom. The number of phosphoric ester groups is 1. The summed E-state index contributed by atoms with van der Waals surface area (Å²) in [6.07, 6.45) is 108. The Balaban J connectivity index is 4.00. The lowest BCUT2D eigenvalue weighted by atomic mass is 10.0. The van der Waals surface area contributed by atoms with Crippen molar-refractivity contribution in [3.8, 4) is 0 Å². The van der Waals surface area contributed by atoms with Gasteiger partial charge in [-0.15, -0.1) is 0 Å². The molecule has 2 atom stereocenters. The van der Waals surface area contributed by atoms with Gasteiger partial charge in [-0.3, -0.25) is 14.2 Å². The van der Waals surface area contributed by atoms with E-state index in [1.807, 2.05) is 21.1 Å². The molecule has 0 N–H and O–H groups in total. The minimum absolute atomic E-state index is 0.0358. The summed E-state index contributed by atoms with van der Waals surface area (Å²) in [5, 5.41) is 0. The molecule has 0 fully saturated rings. The van der Waals surface area contributed by atoms with E-state index in [1.165, 1.54) is 167 Å². The number of allylic oxidation sites excluding steroid dienone is 24. The summed E-state index contributed by atoms with van der Waals surface area (Å²) < 4.78 is 34.4. The van der Waals surface area contributed by atoms with Crippen LogP contribution >= 0.6 is 7.82 Å². The molecule has 0 aromatic carbocycles. The molecule has 0 radical (unpaired) electrons. The highest BCUT2D eigenvalue weighted by atomic mass is 31.2. The molecule has 94 heavy (non-hydrogen) atoms. The normalized spacial score (nSPS) is 13.9. The van der Waals surface area contributed by atoms with Crippen molar-refractivity contribution in [2.75, 3.05) is 47.5 Å². The first kappa shape index (κ1) is 89.9. The van der Waals surface area contributed by atoms with Gasteiger partial charge in [-0.1, -0.05) is 339 Å². The highest BCUT2D eigenvalue weighted by Gasteiger charge is 2.22. The second kappa shape index (κ2) is 73.1. The Morgan fingerprint density at radius 2 is 0.574 bits per heavy atom. The molecule has 0 aromatic rings. The minimum atomic E-state index is -4.65. The van der Waals surface area contributed by atoms with E-state index < -0.39 is 26.5 Å². The Morgan fingerprint density at radius 1 is 0.330 bits per heavy atom. The van der Waals surface area contributed by atoms with Gasteiger partial charge in [0.15, 0.2) is 6.10 Å². The van der Waals surface area contributed by atoms with E-state index in [1.54, 1.807) is 0 Å². The van der Waals surface area contributed by atoms with Crippen molar-refractivity contribution in [2.24, 2.45) is 0 Å². The first-order chi connectivity index (χ1) is 46.0. The molecule has 0 heterocycles. The second-order valence-corrected chi connectivity index (χ2v) is 28.0. The summed E-state index contributed by atoms with van der Waals surface area (Å²) in [5.41, 5.74) is 0. The molecule has 538 valence electrons. The lowest BCUT2D eigenvalue weighted by Crippen LogP contribution is -2.37. The third-order valence-corrected chi connectivity index (χ3v) is 17.3. The summed E-state index contributed by atoms with van der Waals surface area (Å²) in [4.78, 5) is 38.2. The van der Waals surface area contributed by atoms with Crippen LogP contribution in [0.25, 0.3) is 0 Å². The summed E-state index contributed by atoms with van der Waals surface area (Å²) >= 11 is 0. The lowest BCUT2D eigenvalue weighted by molar-refractivity contribution is -0.870. The predicted octanol–water partition coefficient (Wildman–Crippen LogP) is 25.1. The third kappa shape index (κ3) is 76.9. The van der Waals surface area contributed by atoms with Gasteiger partial charge < -0.3 is 27.9 Å². The van der Waals surface area contributed by atoms with Crippen LogP contribution in [0.4, 0.5) is 0 Å². The van der Waals surface area contributed by atoms with E-state index in [4.69, 9.17) is 18.5 Å². The van der Waals surface area contributed by atoms with Gasteiger partial charge in [0.2, 0.25) is 0 Å². The van der Waals surface area contributed by atoms with Gasteiger partial charge in [-0.25, -0.2) is 0 Å². The van der Waals surface area contributed by atoms with Crippen molar-refractivity contribution in [3.05, 3.63) is 146 Å². The molecular weight excluding hydrogens is 1180 g/mol. The molecule has 9 nitrogen and oxygen atoms in total. The number of carbonyl (C=O) groups is 2. The smallest absolute Gasteiger partial charge is 0.306 e. The van der Waals surface area contributed by atoms with E-state index in [0.717, 1.165) is 122 Å².